The number of hydrogen-bond acceptors (Lipinski definition) is 5. The minimum atomic E-state index is 0.929. The van der Waals surface area contributed by atoms with Crippen LogP contribution in [0.15, 0.2) is 6.07 Å². The van der Waals surface area contributed by atoms with Gasteiger partial charge in [0.25, 0.3) is 0 Å². The van der Waals surface area contributed by atoms with Crippen molar-refractivity contribution >= 4 is 11.5 Å². The molecule has 2 aliphatic heterocycles. The van der Waals surface area contributed by atoms with Crippen molar-refractivity contribution in [3.63, 3.8) is 0 Å². The highest BCUT2D eigenvalue weighted by molar-refractivity contribution is 5.65. The van der Waals surface area contributed by atoms with Gasteiger partial charge in [0, 0.05) is 38.8 Å². The van der Waals surface area contributed by atoms with E-state index in [9.17, 15) is 0 Å². The van der Waals surface area contributed by atoms with E-state index in [1.807, 2.05) is 0 Å². The lowest BCUT2D eigenvalue weighted by atomic mass is 10.1. The minimum Gasteiger partial charge on any atom is -0.494 e. The number of aryl methyl sites for hydroxylation is 1. The maximum absolute atomic E-state index is 5.53. The summed E-state index contributed by atoms with van der Waals surface area (Å²) in [5.41, 5.74) is 2.24. The monoisotopic (exact) mass is 262 g/mol. The van der Waals surface area contributed by atoms with E-state index in [4.69, 9.17) is 9.72 Å². The molecule has 19 heavy (non-hydrogen) atoms. The molecule has 5 heteroatoms. The van der Waals surface area contributed by atoms with Crippen molar-refractivity contribution in [2.45, 2.75) is 12.8 Å². The number of methoxy groups -OCH3 is 1. The van der Waals surface area contributed by atoms with E-state index >= 15 is 0 Å². The molecule has 3 rings (SSSR count). The molecule has 104 valence electrons. The van der Waals surface area contributed by atoms with Gasteiger partial charge in [0.2, 0.25) is 0 Å². The molecule has 0 spiro atoms. The fraction of sp³-hybridized carbons (Fsp3) is 0.643. The van der Waals surface area contributed by atoms with Crippen LogP contribution in [0, 0.1) is 0 Å². The number of anilines is 2. The molecule has 1 fully saturated rings. The smallest absolute Gasteiger partial charge is 0.147 e. The number of nitrogens with zero attached hydrogens (tertiary/aromatic N) is 3. The van der Waals surface area contributed by atoms with Crippen molar-refractivity contribution in [3.05, 3.63) is 11.8 Å². The Hall–Kier alpha value is -1.49. The van der Waals surface area contributed by atoms with E-state index in [1.54, 1.807) is 7.11 Å². The van der Waals surface area contributed by atoms with E-state index in [0.29, 0.717) is 0 Å². The normalized spacial score (nSPS) is 19.8. The standard InChI is InChI=1S/C14H22N4O/c1-17-6-8-18(9-7-17)13-10-12(19-2)14-11(16-13)4-3-5-15-14/h10,15H,3-9H2,1-2H3. The average Bonchev–Trinajstić information content (AvgIpc) is 2.47. The molecule has 0 atom stereocenters. The molecule has 3 heterocycles. The zero-order valence-electron chi connectivity index (χ0n) is 11.8. The zero-order chi connectivity index (χ0) is 13.2. The van der Waals surface area contributed by atoms with Gasteiger partial charge in [0.1, 0.15) is 11.6 Å². The quantitative estimate of drug-likeness (QED) is 0.867. The zero-order valence-corrected chi connectivity index (χ0v) is 11.8. The lowest BCUT2D eigenvalue weighted by Crippen LogP contribution is -2.45. The van der Waals surface area contributed by atoms with Gasteiger partial charge in [-0.1, -0.05) is 0 Å². The summed E-state index contributed by atoms with van der Waals surface area (Å²) >= 11 is 0. The van der Waals surface area contributed by atoms with Gasteiger partial charge in [0.05, 0.1) is 18.5 Å². The molecule has 5 nitrogen and oxygen atoms in total. The Balaban J connectivity index is 1.89. The highest BCUT2D eigenvalue weighted by atomic mass is 16.5. The van der Waals surface area contributed by atoms with Crippen LogP contribution in [-0.4, -0.2) is 56.8 Å². The third kappa shape index (κ3) is 2.47. The molecule has 0 unspecified atom stereocenters. The van der Waals surface area contributed by atoms with Crippen LogP contribution in [-0.2, 0) is 6.42 Å². The van der Waals surface area contributed by atoms with Gasteiger partial charge >= 0.3 is 0 Å². The van der Waals surface area contributed by atoms with Crippen molar-refractivity contribution < 1.29 is 4.74 Å². The number of fused-ring (bicyclic) bond motifs is 1. The summed E-state index contributed by atoms with van der Waals surface area (Å²) in [5, 5.41) is 3.41. The number of nitrogens with one attached hydrogen (secondary N) is 1. The summed E-state index contributed by atoms with van der Waals surface area (Å²) in [6, 6.07) is 2.07. The Morgan fingerprint density at radius 1 is 1.26 bits per heavy atom. The summed E-state index contributed by atoms with van der Waals surface area (Å²) in [4.78, 5) is 9.55. The number of likely N-dealkylation sites (N-methyl/N-ethyl adjacent to an activating group) is 1. The minimum absolute atomic E-state index is 0.929. The number of pyridine rings is 1. The Bertz CT molecular complexity index is 438. The van der Waals surface area contributed by atoms with Crippen LogP contribution in [0.5, 0.6) is 5.75 Å². The molecule has 0 aromatic carbocycles. The fourth-order valence-electron chi connectivity index (χ4n) is 2.76. The first-order chi connectivity index (χ1) is 9.28. The predicted octanol–water partition coefficient (Wildman–Crippen LogP) is 1.20. The third-order valence-electron chi connectivity index (χ3n) is 3.98. The van der Waals surface area contributed by atoms with Gasteiger partial charge in [-0.3, -0.25) is 0 Å². The van der Waals surface area contributed by atoms with Gasteiger partial charge < -0.3 is 19.9 Å². The molecule has 0 saturated carbocycles. The highest BCUT2D eigenvalue weighted by Crippen LogP contribution is 2.34. The van der Waals surface area contributed by atoms with Crippen molar-refractivity contribution in [1.82, 2.24) is 9.88 Å². The van der Waals surface area contributed by atoms with E-state index in [0.717, 1.165) is 68.5 Å². The number of aromatic nitrogens is 1. The van der Waals surface area contributed by atoms with Gasteiger partial charge in [-0.25, -0.2) is 4.98 Å². The summed E-state index contributed by atoms with van der Waals surface area (Å²) in [7, 11) is 3.90. The fourth-order valence-corrected chi connectivity index (χ4v) is 2.76. The van der Waals surface area contributed by atoms with Crippen LogP contribution >= 0.6 is 0 Å². The van der Waals surface area contributed by atoms with E-state index in [-0.39, 0.29) is 0 Å². The molecule has 0 aliphatic carbocycles. The largest absolute Gasteiger partial charge is 0.494 e. The van der Waals surface area contributed by atoms with E-state index < -0.39 is 0 Å². The van der Waals surface area contributed by atoms with Gasteiger partial charge in [-0.15, -0.1) is 0 Å². The maximum Gasteiger partial charge on any atom is 0.147 e. The number of rotatable bonds is 2. The first kappa shape index (κ1) is 12.5. The van der Waals surface area contributed by atoms with Crippen LogP contribution in [0.4, 0.5) is 11.5 Å². The molecule has 0 radical (unpaired) electrons. The lowest BCUT2D eigenvalue weighted by molar-refractivity contribution is 0.311. The number of ether oxygens (including phenoxy) is 1. The summed E-state index contributed by atoms with van der Waals surface area (Å²) in [5.74, 6) is 1.99. The lowest BCUT2D eigenvalue weighted by Gasteiger charge is -2.34. The van der Waals surface area contributed by atoms with Crippen LogP contribution in [0.25, 0.3) is 0 Å². The summed E-state index contributed by atoms with van der Waals surface area (Å²) in [6.45, 7) is 5.29. The number of piperazine rings is 1. The third-order valence-corrected chi connectivity index (χ3v) is 3.98. The summed E-state index contributed by atoms with van der Waals surface area (Å²) in [6.07, 6.45) is 2.19. The first-order valence-electron chi connectivity index (χ1n) is 7.03. The second-order valence-electron chi connectivity index (χ2n) is 5.33. The van der Waals surface area contributed by atoms with E-state index in [1.165, 1.54) is 0 Å². The molecule has 0 bridgehead atoms. The van der Waals surface area contributed by atoms with Crippen LogP contribution < -0.4 is 15.0 Å². The van der Waals surface area contributed by atoms with Crippen molar-refractivity contribution in [2.75, 3.05) is 57.1 Å². The Morgan fingerprint density at radius 2 is 2.05 bits per heavy atom. The molecule has 1 aromatic heterocycles. The molecule has 1 aromatic rings. The Labute approximate surface area is 114 Å². The molecular weight excluding hydrogens is 240 g/mol. The van der Waals surface area contributed by atoms with E-state index in [2.05, 4.69) is 28.2 Å². The highest BCUT2D eigenvalue weighted by Gasteiger charge is 2.21. The molecule has 2 aliphatic rings. The van der Waals surface area contributed by atoms with Crippen molar-refractivity contribution in [1.29, 1.82) is 0 Å². The van der Waals surface area contributed by atoms with Crippen LogP contribution in [0.1, 0.15) is 12.1 Å². The first-order valence-corrected chi connectivity index (χ1v) is 7.03. The van der Waals surface area contributed by atoms with Gasteiger partial charge in [0.15, 0.2) is 0 Å². The van der Waals surface area contributed by atoms with Crippen LogP contribution in [0.3, 0.4) is 0 Å². The summed E-state index contributed by atoms with van der Waals surface area (Å²) < 4.78 is 5.53. The van der Waals surface area contributed by atoms with Crippen molar-refractivity contribution in [2.24, 2.45) is 0 Å². The topological polar surface area (TPSA) is 40.6 Å². The molecule has 1 saturated heterocycles. The van der Waals surface area contributed by atoms with Gasteiger partial charge in [-0.05, 0) is 19.9 Å². The molecule has 0 amide bonds. The predicted molar refractivity (Wildman–Crippen MR) is 77.3 cm³/mol. The maximum atomic E-state index is 5.53. The number of hydrogen-bond donors (Lipinski definition) is 1. The second kappa shape index (κ2) is 5.25. The average molecular weight is 262 g/mol. The second-order valence-corrected chi connectivity index (χ2v) is 5.33. The Morgan fingerprint density at radius 3 is 2.79 bits per heavy atom. The molecule has 1 N–H and O–H groups in total. The molecular formula is C14H22N4O. The van der Waals surface area contributed by atoms with Crippen LogP contribution in [0.2, 0.25) is 0 Å². The SMILES string of the molecule is COc1cc(N2CCN(C)CC2)nc2c1NCCC2. The van der Waals surface area contributed by atoms with Gasteiger partial charge in [-0.2, -0.15) is 0 Å². The van der Waals surface area contributed by atoms with Crippen molar-refractivity contribution in [3.8, 4) is 5.75 Å². The Kier molecular flexibility index (Phi) is 3.46.